The molecular formula is C26H23N3O3. The highest BCUT2D eigenvalue weighted by Gasteiger charge is 2.72. The first kappa shape index (κ1) is 20.3. The number of carbonyl (C=O) groups excluding carboxylic acids is 1. The van der Waals surface area contributed by atoms with Crippen LogP contribution in [0.5, 0.6) is 0 Å². The molecule has 6 heteroatoms. The summed E-state index contributed by atoms with van der Waals surface area (Å²) in [6.45, 7) is 4.31. The van der Waals surface area contributed by atoms with Gasteiger partial charge >= 0.3 is 6.03 Å². The normalized spacial score (nSPS) is 21.5. The number of carbonyl (C=O) groups is 1. The van der Waals surface area contributed by atoms with Crippen molar-refractivity contribution in [1.82, 2.24) is 0 Å². The summed E-state index contributed by atoms with van der Waals surface area (Å²) in [7, 11) is 0. The second-order valence-corrected chi connectivity index (χ2v) is 8.51. The van der Waals surface area contributed by atoms with Gasteiger partial charge in [-0.15, -0.1) is 0 Å². The van der Waals surface area contributed by atoms with Gasteiger partial charge in [-0.25, -0.2) is 4.79 Å². The fraction of sp³-hybridized carbons (Fsp3) is 0.231. The topological polar surface area (TPSA) is 76.8 Å². The quantitative estimate of drug-likeness (QED) is 0.681. The molecule has 2 saturated heterocycles. The zero-order valence-corrected chi connectivity index (χ0v) is 17.9. The second-order valence-electron chi connectivity index (χ2n) is 8.51. The molecule has 0 aromatic heterocycles. The summed E-state index contributed by atoms with van der Waals surface area (Å²) >= 11 is 0. The fourth-order valence-corrected chi connectivity index (χ4v) is 4.70. The maximum absolute atomic E-state index is 14.0. The van der Waals surface area contributed by atoms with Gasteiger partial charge in [0.05, 0.1) is 24.8 Å². The van der Waals surface area contributed by atoms with Crippen molar-refractivity contribution in [2.45, 2.75) is 25.1 Å². The van der Waals surface area contributed by atoms with Gasteiger partial charge < -0.3 is 9.84 Å². The van der Waals surface area contributed by atoms with E-state index in [-0.39, 0.29) is 19.2 Å². The summed E-state index contributed by atoms with van der Waals surface area (Å²) in [6, 6.07) is 23.8. The van der Waals surface area contributed by atoms with Crippen molar-refractivity contribution in [3.8, 4) is 6.07 Å². The highest BCUT2D eigenvalue weighted by atomic mass is 16.5. The third-order valence-corrected chi connectivity index (χ3v) is 6.43. The largest absolute Gasteiger partial charge is 0.376 e. The van der Waals surface area contributed by atoms with Crippen LogP contribution in [0.3, 0.4) is 0 Å². The molecule has 160 valence electrons. The first-order valence-corrected chi connectivity index (χ1v) is 10.5. The minimum atomic E-state index is -1.66. The van der Waals surface area contributed by atoms with E-state index < -0.39 is 11.3 Å². The van der Waals surface area contributed by atoms with E-state index in [0.717, 1.165) is 11.1 Å². The van der Waals surface area contributed by atoms with Crippen molar-refractivity contribution in [3.05, 3.63) is 95.1 Å². The first-order valence-electron chi connectivity index (χ1n) is 10.5. The van der Waals surface area contributed by atoms with E-state index >= 15 is 0 Å². The Hall–Kier alpha value is -3.66. The Morgan fingerprint density at radius 2 is 1.53 bits per heavy atom. The fourth-order valence-electron chi connectivity index (χ4n) is 4.70. The van der Waals surface area contributed by atoms with Gasteiger partial charge in [0.2, 0.25) is 5.72 Å². The summed E-state index contributed by atoms with van der Waals surface area (Å²) in [5.41, 5.74) is 1.72. The van der Waals surface area contributed by atoms with Gasteiger partial charge in [0, 0.05) is 16.9 Å². The van der Waals surface area contributed by atoms with E-state index in [9.17, 15) is 15.2 Å². The van der Waals surface area contributed by atoms with Gasteiger partial charge in [0.25, 0.3) is 0 Å². The molecule has 5 rings (SSSR count). The second kappa shape index (κ2) is 7.20. The van der Waals surface area contributed by atoms with E-state index in [1.165, 1.54) is 4.90 Å². The van der Waals surface area contributed by atoms with Gasteiger partial charge in [-0.3, -0.25) is 9.80 Å². The lowest BCUT2D eigenvalue weighted by atomic mass is 9.78. The Labute approximate surface area is 186 Å². The maximum Gasteiger partial charge on any atom is 0.332 e. The number of urea groups is 1. The van der Waals surface area contributed by atoms with Crippen LogP contribution in [0.1, 0.15) is 22.3 Å². The molecule has 0 aliphatic carbocycles. The van der Waals surface area contributed by atoms with Gasteiger partial charge in [-0.05, 0) is 50.2 Å². The molecule has 2 aliphatic heterocycles. The molecule has 1 unspecified atom stereocenters. The molecule has 0 saturated carbocycles. The van der Waals surface area contributed by atoms with E-state index in [1.807, 2.05) is 62.4 Å². The van der Waals surface area contributed by atoms with Crippen molar-refractivity contribution in [2.75, 3.05) is 23.0 Å². The average molecular weight is 425 g/mol. The number of anilines is 2. The minimum Gasteiger partial charge on any atom is -0.376 e. The van der Waals surface area contributed by atoms with Crippen LogP contribution in [-0.4, -0.2) is 29.9 Å². The molecule has 2 fully saturated rings. The average Bonchev–Trinajstić information content (AvgIpc) is 2.99. The van der Waals surface area contributed by atoms with Crippen LogP contribution in [0, 0.1) is 25.2 Å². The first-order chi connectivity index (χ1) is 15.4. The van der Waals surface area contributed by atoms with Crippen molar-refractivity contribution in [1.29, 1.82) is 5.26 Å². The predicted octanol–water partition coefficient (Wildman–Crippen LogP) is 4.24. The van der Waals surface area contributed by atoms with Gasteiger partial charge in [-0.1, -0.05) is 47.5 Å². The van der Waals surface area contributed by atoms with Crippen LogP contribution in [0.4, 0.5) is 16.2 Å². The Morgan fingerprint density at radius 3 is 2.09 bits per heavy atom. The summed E-state index contributed by atoms with van der Waals surface area (Å²) in [6.07, 6.45) is 0. The predicted molar refractivity (Wildman–Crippen MR) is 121 cm³/mol. The highest BCUT2D eigenvalue weighted by Crippen LogP contribution is 2.53. The van der Waals surface area contributed by atoms with Gasteiger partial charge in [0.15, 0.2) is 0 Å². The van der Waals surface area contributed by atoms with Crippen LogP contribution >= 0.6 is 0 Å². The number of aryl methyl sites for hydroxylation is 2. The number of aliphatic hydroxyl groups is 1. The highest BCUT2D eigenvalue weighted by molar-refractivity contribution is 6.09. The maximum atomic E-state index is 14.0. The Bertz CT molecular complexity index is 1230. The van der Waals surface area contributed by atoms with Gasteiger partial charge in [-0.2, -0.15) is 5.26 Å². The molecule has 0 bridgehead atoms. The van der Waals surface area contributed by atoms with Crippen LogP contribution in [0.2, 0.25) is 0 Å². The van der Waals surface area contributed by atoms with Crippen molar-refractivity contribution < 1.29 is 14.6 Å². The molecular weight excluding hydrogens is 402 g/mol. The monoisotopic (exact) mass is 425 g/mol. The van der Waals surface area contributed by atoms with Crippen LogP contribution in [0.15, 0.2) is 72.8 Å². The lowest BCUT2D eigenvalue weighted by Crippen LogP contribution is -2.70. The lowest BCUT2D eigenvalue weighted by molar-refractivity contribution is -0.153. The van der Waals surface area contributed by atoms with E-state index in [1.54, 1.807) is 29.2 Å². The van der Waals surface area contributed by atoms with Crippen molar-refractivity contribution in [3.63, 3.8) is 0 Å². The molecule has 1 atom stereocenters. The van der Waals surface area contributed by atoms with E-state index in [4.69, 9.17) is 4.74 Å². The number of hydrogen-bond donors (Lipinski definition) is 1. The molecule has 2 aliphatic rings. The molecule has 0 radical (unpaired) electrons. The molecule has 32 heavy (non-hydrogen) atoms. The minimum absolute atomic E-state index is 0.186. The van der Waals surface area contributed by atoms with Crippen molar-refractivity contribution in [2.24, 2.45) is 0 Å². The number of amides is 2. The Balaban J connectivity index is 1.75. The van der Waals surface area contributed by atoms with Crippen LogP contribution in [0.25, 0.3) is 0 Å². The molecule has 3 aromatic rings. The third-order valence-electron chi connectivity index (χ3n) is 6.43. The van der Waals surface area contributed by atoms with Crippen LogP contribution in [-0.2, 0) is 10.5 Å². The third kappa shape index (κ3) is 2.69. The zero-order valence-electron chi connectivity index (χ0n) is 17.9. The van der Waals surface area contributed by atoms with Crippen LogP contribution < -0.4 is 9.80 Å². The van der Waals surface area contributed by atoms with Crippen molar-refractivity contribution >= 4 is 17.4 Å². The zero-order chi connectivity index (χ0) is 22.5. The number of ether oxygens (including phenoxy) is 1. The number of nitriles is 1. The molecule has 1 N–H and O–H groups in total. The summed E-state index contributed by atoms with van der Waals surface area (Å²) < 4.78 is 5.62. The molecule has 1 spiro atoms. The summed E-state index contributed by atoms with van der Waals surface area (Å²) in [5, 5.41) is 21.7. The Kier molecular flexibility index (Phi) is 4.55. The van der Waals surface area contributed by atoms with Gasteiger partial charge in [0.1, 0.15) is 5.54 Å². The number of benzene rings is 3. The smallest absolute Gasteiger partial charge is 0.332 e. The number of nitrogens with zero attached hydrogens (tertiary/aromatic N) is 3. The molecule has 2 amide bonds. The number of rotatable bonds is 3. The standard InChI is InChI=1S/C26H23N3O3/c1-18-6-10-23(11-7-18)29-24(30)28(22-12-8-20(15-27)9-13-22)25(16-32-17-25)26(29,31)21-5-3-4-19(2)14-21/h3-14,31H,16-17H2,1-2H3. The summed E-state index contributed by atoms with van der Waals surface area (Å²) in [5.74, 6) is 0. The summed E-state index contributed by atoms with van der Waals surface area (Å²) in [4.78, 5) is 17.1. The molecule has 3 aromatic carbocycles. The van der Waals surface area contributed by atoms with E-state index in [0.29, 0.717) is 22.5 Å². The molecule has 6 nitrogen and oxygen atoms in total. The lowest BCUT2D eigenvalue weighted by Gasteiger charge is -2.51. The SMILES string of the molecule is Cc1ccc(N2C(=O)N(c3ccc(C#N)cc3)C3(COC3)C2(O)c2cccc(C)c2)cc1. The van der Waals surface area contributed by atoms with E-state index in [2.05, 4.69) is 6.07 Å². The number of hydrogen-bond acceptors (Lipinski definition) is 4. The Morgan fingerprint density at radius 1 is 0.906 bits per heavy atom. The molecule has 2 heterocycles.